The van der Waals surface area contributed by atoms with Crippen molar-refractivity contribution in [2.75, 3.05) is 50.5 Å². The third kappa shape index (κ3) is 3.85. The minimum atomic E-state index is -0.0813. The zero-order chi connectivity index (χ0) is 16.9. The average molecular weight is 345 g/mol. The van der Waals surface area contributed by atoms with Crippen LogP contribution in [0.15, 0.2) is 30.5 Å². The Kier molecular flexibility index (Phi) is 5.32. The lowest BCUT2D eigenvalue weighted by Crippen LogP contribution is -2.45. The third-order valence-corrected chi connectivity index (χ3v) is 5.23. The van der Waals surface area contributed by atoms with E-state index in [0.717, 1.165) is 36.9 Å². The van der Waals surface area contributed by atoms with Crippen LogP contribution in [0, 0.1) is 0 Å². The quantitative estimate of drug-likeness (QED) is 0.866. The summed E-state index contributed by atoms with van der Waals surface area (Å²) in [6.45, 7) is 4.68. The van der Waals surface area contributed by atoms with Gasteiger partial charge in [-0.2, -0.15) is 0 Å². The van der Waals surface area contributed by atoms with Crippen LogP contribution >= 0.6 is 11.3 Å². The van der Waals surface area contributed by atoms with Crippen LogP contribution in [0.25, 0.3) is 0 Å². The number of amides is 1. The highest BCUT2D eigenvalue weighted by atomic mass is 32.1. The molecule has 3 rings (SSSR count). The van der Waals surface area contributed by atoms with Gasteiger partial charge in [0.15, 0.2) is 5.13 Å². The van der Waals surface area contributed by atoms with Gasteiger partial charge in [0.05, 0.1) is 6.20 Å². The number of thiazole rings is 1. The van der Waals surface area contributed by atoms with E-state index in [0.29, 0.717) is 11.4 Å². The molecule has 1 aliphatic heterocycles. The van der Waals surface area contributed by atoms with Crippen molar-refractivity contribution in [1.29, 1.82) is 0 Å². The summed E-state index contributed by atoms with van der Waals surface area (Å²) in [5.74, 6) is -0.0813. The second-order valence-electron chi connectivity index (χ2n) is 5.88. The highest BCUT2D eigenvalue weighted by molar-refractivity contribution is 7.17. The van der Waals surface area contributed by atoms with E-state index in [-0.39, 0.29) is 5.91 Å². The van der Waals surface area contributed by atoms with Gasteiger partial charge in [0.1, 0.15) is 4.88 Å². The first-order chi connectivity index (χ1) is 11.7. The fourth-order valence-electron chi connectivity index (χ4n) is 2.77. The summed E-state index contributed by atoms with van der Waals surface area (Å²) in [6.07, 6.45) is 1.61. The standard InChI is InChI=1S/C17H23N5OS/c1-18-17-20-12-15(24-17)16(23)19-11-13-5-3-4-6-14(13)22-9-7-21(2)8-10-22/h3-6,12H,7-11H2,1-2H3,(H,18,20)(H,19,23). The van der Waals surface area contributed by atoms with Crippen LogP contribution < -0.4 is 15.5 Å². The Morgan fingerprint density at radius 2 is 2.00 bits per heavy atom. The molecule has 0 spiro atoms. The summed E-state index contributed by atoms with van der Waals surface area (Å²) >= 11 is 1.36. The number of carbonyl (C=O) groups is 1. The zero-order valence-corrected chi connectivity index (χ0v) is 14.9. The molecule has 2 N–H and O–H groups in total. The van der Waals surface area contributed by atoms with Gasteiger partial charge < -0.3 is 20.4 Å². The average Bonchev–Trinajstić information content (AvgIpc) is 3.10. The first-order valence-electron chi connectivity index (χ1n) is 8.10. The Morgan fingerprint density at radius 3 is 2.71 bits per heavy atom. The van der Waals surface area contributed by atoms with Gasteiger partial charge in [-0.25, -0.2) is 4.98 Å². The number of piperazine rings is 1. The maximum absolute atomic E-state index is 12.3. The van der Waals surface area contributed by atoms with Crippen molar-refractivity contribution in [1.82, 2.24) is 15.2 Å². The molecule has 1 aliphatic rings. The number of nitrogens with one attached hydrogen (secondary N) is 2. The Morgan fingerprint density at radius 1 is 1.25 bits per heavy atom. The number of nitrogens with zero attached hydrogens (tertiary/aromatic N) is 3. The van der Waals surface area contributed by atoms with Gasteiger partial charge in [-0.3, -0.25) is 4.79 Å². The molecule has 0 atom stereocenters. The molecule has 0 aliphatic carbocycles. The molecule has 1 fully saturated rings. The largest absolute Gasteiger partial charge is 0.369 e. The SMILES string of the molecule is CNc1ncc(C(=O)NCc2ccccc2N2CCN(C)CC2)s1. The first kappa shape index (κ1) is 16.7. The summed E-state index contributed by atoms with van der Waals surface area (Å²) in [4.78, 5) is 21.8. The van der Waals surface area contributed by atoms with Crippen molar-refractivity contribution in [2.24, 2.45) is 0 Å². The van der Waals surface area contributed by atoms with E-state index in [1.165, 1.54) is 17.0 Å². The molecule has 128 valence electrons. The van der Waals surface area contributed by atoms with Crippen molar-refractivity contribution < 1.29 is 4.79 Å². The molecule has 0 saturated carbocycles. The molecule has 0 unspecified atom stereocenters. The first-order valence-corrected chi connectivity index (χ1v) is 8.92. The second-order valence-corrected chi connectivity index (χ2v) is 6.91. The summed E-state index contributed by atoms with van der Waals surface area (Å²) < 4.78 is 0. The van der Waals surface area contributed by atoms with Gasteiger partial charge in [-0.1, -0.05) is 29.5 Å². The Labute approximate surface area is 146 Å². The molecule has 1 saturated heterocycles. The van der Waals surface area contributed by atoms with Crippen molar-refractivity contribution in [3.05, 3.63) is 40.9 Å². The number of hydrogen-bond donors (Lipinski definition) is 2. The molecule has 0 radical (unpaired) electrons. The number of benzene rings is 1. The normalized spacial score (nSPS) is 15.3. The molecule has 24 heavy (non-hydrogen) atoms. The van der Waals surface area contributed by atoms with Gasteiger partial charge in [0.2, 0.25) is 0 Å². The minimum absolute atomic E-state index is 0.0813. The number of aromatic nitrogens is 1. The Bertz CT molecular complexity index is 694. The summed E-state index contributed by atoms with van der Waals surface area (Å²) in [7, 11) is 3.95. The molecule has 0 bridgehead atoms. The highest BCUT2D eigenvalue weighted by Gasteiger charge is 2.17. The van der Waals surface area contributed by atoms with Gasteiger partial charge >= 0.3 is 0 Å². The summed E-state index contributed by atoms with van der Waals surface area (Å²) in [5.41, 5.74) is 2.36. The molecule has 7 heteroatoms. The predicted molar refractivity (Wildman–Crippen MR) is 99.0 cm³/mol. The van der Waals surface area contributed by atoms with Gasteiger partial charge in [0, 0.05) is 45.5 Å². The number of anilines is 2. The lowest BCUT2D eigenvalue weighted by atomic mass is 10.1. The van der Waals surface area contributed by atoms with Crippen molar-refractivity contribution in [3.8, 4) is 0 Å². The van der Waals surface area contributed by atoms with Crippen molar-refractivity contribution in [2.45, 2.75) is 6.54 Å². The van der Waals surface area contributed by atoms with Gasteiger partial charge in [-0.15, -0.1) is 0 Å². The molecule has 1 amide bonds. The van der Waals surface area contributed by atoms with Crippen LogP contribution in [0.4, 0.5) is 10.8 Å². The second kappa shape index (κ2) is 7.63. The lowest BCUT2D eigenvalue weighted by molar-refractivity contribution is 0.0955. The zero-order valence-electron chi connectivity index (χ0n) is 14.1. The van der Waals surface area contributed by atoms with E-state index in [2.05, 4.69) is 50.7 Å². The van der Waals surface area contributed by atoms with Crippen molar-refractivity contribution in [3.63, 3.8) is 0 Å². The number of hydrogen-bond acceptors (Lipinski definition) is 6. The van der Waals surface area contributed by atoms with Crippen LogP contribution in [0.2, 0.25) is 0 Å². The molecule has 1 aromatic carbocycles. The van der Waals surface area contributed by atoms with Gasteiger partial charge in [-0.05, 0) is 18.7 Å². The minimum Gasteiger partial charge on any atom is -0.369 e. The topological polar surface area (TPSA) is 60.5 Å². The molecule has 6 nitrogen and oxygen atoms in total. The summed E-state index contributed by atoms with van der Waals surface area (Å²) in [5, 5.41) is 6.70. The molecule has 1 aromatic heterocycles. The smallest absolute Gasteiger partial charge is 0.263 e. The highest BCUT2D eigenvalue weighted by Crippen LogP contribution is 2.22. The number of para-hydroxylation sites is 1. The van der Waals surface area contributed by atoms with Crippen LogP contribution in [0.1, 0.15) is 15.2 Å². The van der Waals surface area contributed by atoms with E-state index in [1.807, 2.05) is 6.07 Å². The molecular weight excluding hydrogens is 322 g/mol. The van der Waals surface area contributed by atoms with Gasteiger partial charge in [0.25, 0.3) is 5.91 Å². The molecule has 2 heterocycles. The summed E-state index contributed by atoms with van der Waals surface area (Å²) in [6, 6.07) is 8.30. The van der Waals surface area contributed by atoms with Crippen LogP contribution in [0.3, 0.4) is 0 Å². The predicted octanol–water partition coefficient (Wildman–Crippen LogP) is 1.87. The fraction of sp³-hybridized carbons (Fsp3) is 0.412. The maximum atomic E-state index is 12.3. The maximum Gasteiger partial charge on any atom is 0.263 e. The van der Waals surface area contributed by atoms with Crippen LogP contribution in [-0.2, 0) is 6.54 Å². The van der Waals surface area contributed by atoms with Crippen LogP contribution in [-0.4, -0.2) is 56.1 Å². The third-order valence-electron chi connectivity index (χ3n) is 4.22. The Hall–Kier alpha value is -2.12. The molecular formula is C17H23N5OS. The van der Waals surface area contributed by atoms with Crippen LogP contribution in [0.5, 0.6) is 0 Å². The van der Waals surface area contributed by atoms with E-state index in [4.69, 9.17) is 0 Å². The van der Waals surface area contributed by atoms with E-state index in [1.54, 1.807) is 13.2 Å². The van der Waals surface area contributed by atoms with Crippen molar-refractivity contribution >= 4 is 28.1 Å². The molecule has 2 aromatic rings. The van der Waals surface area contributed by atoms with E-state index < -0.39 is 0 Å². The lowest BCUT2D eigenvalue weighted by Gasteiger charge is -2.35. The fourth-order valence-corrected chi connectivity index (χ4v) is 3.46. The number of likely N-dealkylation sites (N-methyl/N-ethyl adjacent to an activating group) is 1. The Balaban J connectivity index is 1.66. The monoisotopic (exact) mass is 345 g/mol. The van der Waals surface area contributed by atoms with E-state index >= 15 is 0 Å². The number of carbonyl (C=O) groups excluding carboxylic acids is 1. The van der Waals surface area contributed by atoms with E-state index in [9.17, 15) is 4.79 Å². The number of rotatable bonds is 5.